The predicted octanol–water partition coefficient (Wildman–Crippen LogP) is 5.05. The average Bonchev–Trinajstić information content (AvgIpc) is 3.08. The summed E-state index contributed by atoms with van der Waals surface area (Å²) in [6, 6.07) is 9.86. The van der Waals surface area contributed by atoms with Crippen LogP contribution in [0.1, 0.15) is 43.9 Å². The van der Waals surface area contributed by atoms with Gasteiger partial charge in [0.15, 0.2) is 5.78 Å². The highest BCUT2D eigenvalue weighted by molar-refractivity contribution is 7.10. The second kappa shape index (κ2) is 6.16. The lowest BCUT2D eigenvalue weighted by atomic mass is 9.70. The van der Waals surface area contributed by atoms with Crippen molar-refractivity contribution in [2.45, 2.75) is 39.0 Å². The SMILES string of the molecule is CC1(C)CC(=O)C2=C(C1)N(c1ccc(F)cc1)C(=O)C[C@H]2c1cccs1. The maximum Gasteiger partial charge on any atom is 0.232 e. The van der Waals surface area contributed by atoms with Gasteiger partial charge in [-0.3, -0.25) is 14.5 Å². The number of hydrogen-bond donors (Lipinski definition) is 0. The fourth-order valence-electron chi connectivity index (χ4n) is 4.04. The molecule has 1 aliphatic carbocycles. The number of nitrogens with zero attached hydrogens (tertiary/aromatic N) is 1. The first kappa shape index (κ1) is 17.2. The largest absolute Gasteiger partial charge is 0.294 e. The van der Waals surface area contributed by atoms with Gasteiger partial charge in [-0.25, -0.2) is 4.39 Å². The molecule has 2 aliphatic rings. The van der Waals surface area contributed by atoms with Crippen molar-refractivity contribution in [3.63, 3.8) is 0 Å². The van der Waals surface area contributed by atoms with Crippen molar-refractivity contribution < 1.29 is 14.0 Å². The van der Waals surface area contributed by atoms with Crippen molar-refractivity contribution in [1.29, 1.82) is 0 Å². The molecular weight excluding hydrogens is 349 g/mol. The van der Waals surface area contributed by atoms with Crippen LogP contribution in [-0.4, -0.2) is 11.7 Å². The Kier molecular flexibility index (Phi) is 4.07. The highest BCUT2D eigenvalue weighted by Crippen LogP contribution is 2.48. The zero-order chi connectivity index (χ0) is 18.5. The molecule has 0 saturated heterocycles. The van der Waals surface area contributed by atoms with E-state index in [0.29, 0.717) is 18.5 Å². The van der Waals surface area contributed by atoms with Crippen LogP contribution in [0.5, 0.6) is 0 Å². The topological polar surface area (TPSA) is 37.4 Å². The van der Waals surface area contributed by atoms with Gasteiger partial charge in [-0.05, 0) is 47.5 Å². The number of hydrogen-bond acceptors (Lipinski definition) is 3. The predicted molar refractivity (Wildman–Crippen MR) is 101 cm³/mol. The van der Waals surface area contributed by atoms with Crippen LogP contribution in [0.2, 0.25) is 0 Å². The first-order valence-corrected chi connectivity index (χ1v) is 9.62. The third kappa shape index (κ3) is 2.90. The minimum absolute atomic E-state index is 0.0424. The quantitative estimate of drug-likeness (QED) is 0.743. The molecule has 0 bridgehead atoms. The number of benzene rings is 1. The van der Waals surface area contributed by atoms with Crippen molar-refractivity contribution in [2.24, 2.45) is 5.41 Å². The summed E-state index contributed by atoms with van der Waals surface area (Å²) in [6.45, 7) is 4.10. The Bertz CT molecular complexity index is 897. The summed E-state index contributed by atoms with van der Waals surface area (Å²) in [5.74, 6) is -0.435. The molecule has 0 N–H and O–H groups in total. The summed E-state index contributed by atoms with van der Waals surface area (Å²) in [7, 11) is 0. The molecule has 3 nitrogen and oxygen atoms in total. The Balaban J connectivity index is 1.89. The third-order valence-corrected chi connectivity index (χ3v) is 6.10. The summed E-state index contributed by atoms with van der Waals surface area (Å²) in [5.41, 5.74) is 1.97. The Morgan fingerprint density at radius 1 is 1.12 bits per heavy atom. The highest BCUT2D eigenvalue weighted by atomic mass is 32.1. The summed E-state index contributed by atoms with van der Waals surface area (Å²) in [5, 5.41) is 1.98. The monoisotopic (exact) mass is 369 g/mol. The van der Waals surface area contributed by atoms with Crippen LogP contribution in [-0.2, 0) is 9.59 Å². The zero-order valence-electron chi connectivity index (χ0n) is 14.8. The Hall–Kier alpha value is -2.27. The molecule has 1 aromatic heterocycles. The van der Waals surface area contributed by atoms with Gasteiger partial charge in [-0.15, -0.1) is 11.3 Å². The van der Waals surface area contributed by atoms with Gasteiger partial charge < -0.3 is 0 Å². The minimum atomic E-state index is -0.344. The normalized spacial score (nSPS) is 22.6. The molecule has 0 saturated carbocycles. The van der Waals surface area contributed by atoms with Crippen LogP contribution in [0.3, 0.4) is 0 Å². The van der Waals surface area contributed by atoms with E-state index in [2.05, 4.69) is 13.8 Å². The first-order chi connectivity index (χ1) is 12.4. The van der Waals surface area contributed by atoms with Gasteiger partial charge in [0.2, 0.25) is 5.91 Å². The van der Waals surface area contributed by atoms with E-state index in [0.717, 1.165) is 16.1 Å². The minimum Gasteiger partial charge on any atom is -0.294 e. The smallest absolute Gasteiger partial charge is 0.232 e. The number of Topliss-reactive ketones (excluding diaryl/α,β-unsaturated/α-hetero) is 1. The van der Waals surface area contributed by atoms with Crippen LogP contribution in [0.25, 0.3) is 0 Å². The molecule has 1 aromatic carbocycles. The number of carbonyl (C=O) groups excluding carboxylic acids is 2. The van der Waals surface area contributed by atoms with Crippen molar-refractivity contribution in [3.05, 3.63) is 63.7 Å². The average molecular weight is 369 g/mol. The van der Waals surface area contributed by atoms with Gasteiger partial charge in [-0.1, -0.05) is 19.9 Å². The van der Waals surface area contributed by atoms with Gasteiger partial charge in [0.05, 0.1) is 0 Å². The van der Waals surface area contributed by atoms with Crippen molar-refractivity contribution >= 4 is 28.7 Å². The lowest BCUT2D eigenvalue weighted by Crippen LogP contribution is -2.43. The van der Waals surface area contributed by atoms with E-state index in [-0.39, 0.29) is 35.3 Å². The standard InChI is InChI=1S/C21H20FNO2S/c1-21(2)11-16-20(17(24)12-21)15(18-4-3-9-26-18)10-19(25)23(16)14-7-5-13(22)6-8-14/h3-9,15H,10-12H2,1-2H3/t15-/m0/s1. The van der Waals surface area contributed by atoms with Gasteiger partial charge in [0, 0.05) is 40.6 Å². The molecule has 2 aromatic rings. The van der Waals surface area contributed by atoms with Crippen LogP contribution in [0.4, 0.5) is 10.1 Å². The molecular formula is C21H20FNO2S. The molecule has 2 heterocycles. The number of carbonyl (C=O) groups is 2. The number of anilines is 1. The van der Waals surface area contributed by atoms with E-state index < -0.39 is 0 Å². The molecule has 0 spiro atoms. The molecule has 134 valence electrons. The number of amides is 1. The molecule has 1 atom stereocenters. The van der Waals surface area contributed by atoms with Crippen LogP contribution in [0.15, 0.2) is 53.0 Å². The molecule has 4 rings (SSSR count). The molecule has 26 heavy (non-hydrogen) atoms. The molecule has 0 fully saturated rings. The van der Waals surface area contributed by atoms with Crippen LogP contribution in [0, 0.1) is 11.2 Å². The van der Waals surface area contributed by atoms with E-state index in [4.69, 9.17) is 0 Å². The Labute approximate surface area is 156 Å². The summed E-state index contributed by atoms with van der Waals surface area (Å²) < 4.78 is 13.3. The summed E-state index contributed by atoms with van der Waals surface area (Å²) >= 11 is 1.58. The lowest BCUT2D eigenvalue weighted by Gasteiger charge is -2.42. The fraction of sp³-hybridized carbons (Fsp3) is 0.333. The molecule has 0 unspecified atom stereocenters. The fourth-order valence-corrected chi connectivity index (χ4v) is 4.87. The maximum atomic E-state index is 13.3. The number of allylic oxidation sites excluding steroid dienone is 2. The van der Waals surface area contributed by atoms with Crippen molar-refractivity contribution in [2.75, 3.05) is 4.90 Å². The highest BCUT2D eigenvalue weighted by Gasteiger charge is 2.44. The zero-order valence-corrected chi connectivity index (χ0v) is 15.6. The van der Waals surface area contributed by atoms with E-state index in [9.17, 15) is 14.0 Å². The third-order valence-electron chi connectivity index (χ3n) is 5.11. The van der Waals surface area contributed by atoms with E-state index in [1.165, 1.54) is 12.1 Å². The van der Waals surface area contributed by atoms with Gasteiger partial charge in [0.25, 0.3) is 0 Å². The van der Waals surface area contributed by atoms with Gasteiger partial charge in [-0.2, -0.15) is 0 Å². The Morgan fingerprint density at radius 2 is 1.85 bits per heavy atom. The summed E-state index contributed by atoms with van der Waals surface area (Å²) in [6.07, 6.45) is 1.40. The number of halogens is 1. The number of ketones is 1. The summed E-state index contributed by atoms with van der Waals surface area (Å²) in [4.78, 5) is 28.8. The first-order valence-electron chi connectivity index (χ1n) is 8.74. The molecule has 1 amide bonds. The van der Waals surface area contributed by atoms with Gasteiger partial charge in [0.1, 0.15) is 5.82 Å². The molecule has 5 heteroatoms. The van der Waals surface area contributed by atoms with Crippen LogP contribution < -0.4 is 4.90 Å². The second-order valence-electron chi connectivity index (χ2n) is 7.78. The van der Waals surface area contributed by atoms with E-state index >= 15 is 0 Å². The van der Waals surface area contributed by atoms with Gasteiger partial charge >= 0.3 is 0 Å². The van der Waals surface area contributed by atoms with E-state index in [1.807, 2.05) is 17.5 Å². The second-order valence-corrected chi connectivity index (χ2v) is 8.76. The molecule has 1 aliphatic heterocycles. The van der Waals surface area contributed by atoms with E-state index in [1.54, 1.807) is 28.4 Å². The number of thiophene rings is 1. The Morgan fingerprint density at radius 3 is 2.50 bits per heavy atom. The molecule has 0 radical (unpaired) electrons. The van der Waals surface area contributed by atoms with Crippen molar-refractivity contribution in [1.82, 2.24) is 0 Å². The maximum absolute atomic E-state index is 13.3. The van der Waals surface area contributed by atoms with Crippen molar-refractivity contribution in [3.8, 4) is 0 Å². The lowest BCUT2D eigenvalue weighted by molar-refractivity contribution is -0.120. The number of rotatable bonds is 2. The van der Waals surface area contributed by atoms with Crippen LogP contribution >= 0.6 is 11.3 Å².